The molecule has 2 amide bonds. The molecular weight excluding hydrogens is 418 g/mol. The summed E-state index contributed by atoms with van der Waals surface area (Å²) in [5.74, 6) is 0.773. The molecular formula is C22H27N3O5S. The number of carbonyl (C=O) groups excluding carboxylic acids is 2. The fraction of sp³-hybridized carbons (Fsp3) is 0.318. The Morgan fingerprint density at radius 1 is 0.935 bits per heavy atom. The standard InChI is InChI=1S/C22H27N3O5S/c1-3-4-7-14-29-17-12-10-16(11-13-17)21(27)23-22(31)25-24-20(26)15-30-19-9-6-5-8-18(19)28-2/h5-6,8-13H,3-4,7,14-15H2,1-2H3,(H,24,26)(H2,23,25,27,31). The highest BCUT2D eigenvalue weighted by atomic mass is 32.1. The van der Waals surface area contributed by atoms with Crippen molar-refractivity contribution in [3.8, 4) is 17.2 Å². The van der Waals surface area contributed by atoms with Crippen LogP contribution in [0.15, 0.2) is 48.5 Å². The number of hydrogen-bond acceptors (Lipinski definition) is 6. The van der Waals surface area contributed by atoms with Gasteiger partial charge in [-0.2, -0.15) is 0 Å². The van der Waals surface area contributed by atoms with Gasteiger partial charge in [-0.25, -0.2) is 0 Å². The van der Waals surface area contributed by atoms with Crippen LogP contribution in [-0.2, 0) is 4.79 Å². The highest BCUT2D eigenvalue weighted by Crippen LogP contribution is 2.25. The van der Waals surface area contributed by atoms with Crippen LogP contribution in [0, 0.1) is 0 Å². The van der Waals surface area contributed by atoms with Crippen LogP contribution in [0.5, 0.6) is 17.2 Å². The Hall–Kier alpha value is -3.33. The monoisotopic (exact) mass is 445 g/mol. The lowest BCUT2D eigenvalue weighted by atomic mass is 10.2. The summed E-state index contributed by atoms with van der Waals surface area (Å²) in [7, 11) is 1.51. The van der Waals surface area contributed by atoms with Gasteiger partial charge in [0.05, 0.1) is 13.7 Å². The number of para-hydroxylation sites is 2. The number of hydrazine groups is 1. The lowest BCUT2D eigenvalue weighted by molar-refractivity contribution is -0.123. The second kappa shape index (κ2) is 13.1. The fourth-order valence-electron chi connectivity index (χ4n) is 2.50. The van der Waals surface area contributed by atoms with Crippen LogP contribution in [0.3, 0.4) is 0 Å². The molecule has 2 aromatic rings. The molecule has 2 rings (SSSR count). The maximum Gasteiger partial charge on any atom is 0.276 e. The third kappa shape index (κ3) is 8.51. The number of amides is 2. The lowest BCUT2D eigenvalue weighted by Gasteiger charge is -2.13. The molecule has 0 saturated carbocycles. The van der Waals surface area contributed by atoms with Crippen molar-refractivity contribution in [2.45, 2.75) is 26.2 Å². The molecule has 0 aliphatic rings. The van der Waals surface area contributed by atoms with E-state index in [2.05, 4.69) is 23.1 Å². The molecule has 166 valence electrons. The molecule has 2 aromatic carbocycles. The largest absolute Gasteiger partial charge is 0.494 e. The molecule has 3 N–H and O–H groups in total. The van der Waals surface area contributed by atoms with E-state index in [1.54, 1.807) is 48.5 Å². The first kappa shape index (κ1) is 23.9. The van der Waals surface area contributed by atoms with Crippen LogP contribution >= 0.6 is 12.2 Å². The van der Waals surface area contributed by atoms with Gasteiger partial charge >= 0.3 is 0 Å². The minimum Gasteiger partial charge on any atom is -0.494 e. The molecule has 0 bridgehead atoms. The van der Waals surface area contributed by atoms with Gasteiger partial charge in [-0.15, -0.1) is 0 Å². The summed E-state index contributed by atoms with van der Waals surface area (Å²) < 4.78 is 16.2. The van der Waals surface area contributed by atoms with Gasteiger partial charge in [-0.1, -0.05) is 31.9 Å². The summed E-state index contributed by atoms with van der Waals surface area (Å²) in [6.45, 7) is 2.52. The number of methoxy groups -OCH3 is 1. The number of unbranched alkanes of at least 4 members (excludes halogenated alkanes) is 2. The van der Waals surface area contributed by atoms with Gasteiger partial charge < -0.3 is 14.2 Å². The van der Waals surface area contributed by atoms with Crippen LogP contribution in [0.4, 0.5) is 0 Å². The van der Waals surface area contributed by atoms with E-state index < -0.39 is 11.8 Å². The van der Waals surface area contributed by atoms with E-state index in [1.165, 1.54) is 7.11 Å². The molecule has 0 atom stereocenters. The molecule has 0 radical (unpaired) electrons. The number of benzene rings is 2. The minimum absolute atomic E-state index is 0.0458. The zero-order chi connectivity index (χ0) is 22.5. The van der Waals surface area contributed by atoms with Crippen LogP contribution in [0.25, 0.3) is 0 Å². The SMILES string of the molecule is CCCCCOc1ccc(C(=O)NC(=S)NNC(=O)COc2ccccc2OC)cc1. The van der Waals surface area contributed by atoms with Crippen molar-refractivity contribution in [2.24, 2.45) is 0 Å². The van der Waals surface area contributed by atoms with E-state index in [0.717, 1.165) is 19.3 Å². The van der Waals surface area contributed by atoms with E-state index in [4.69, 9.17) is 26.4 Å². The summed E-state index contributed by atoms with van der Waals surface area (Å²) >= 11 is 5.03. The van der Waals surface area contributed by atoms with Crippen molar-refractivity contribution in [1.29, 1.82) is 0 Å². The third-order valence-electron chi connectivity index (χ3n) is 4.10. The van der Waals surface area contributed by atoms with Crippen LogP contribution in [0.1, 0.15) is 36.5 Å². The fourth-order valence-corrected chi connectivity index (χ4v) is 2.64. The van der Waals surface area contributed by atoms with Gasteiger partial charge in [0.2, 0.25) is 0 Å². The van der Waals surface area contributed by atoms with Crippen LogP contribution in [-0.4, -0.2) is 37.3 Å². The van der Waals surface area contributed by atoms with Crippen molar-refractivity contribution in [3.63, 3.8) is 0 Å². The zero-order valence-electron chi connectivity index (χ0n) is 17.6. The molecule has 0 unspecified atom stereocenters. The normalized spacial score (nSPS) is 10.0. The molecule has 0 heterocycles. The van der Waals surface area contributed by atoms with Crippen molar-refractivity contribution >= 4 is 29.1 Å². The predicted octanol–water partition coefficient (Wildman–Crippen LogP) is 2.98. The van der Waals surface area contributed by atoms with Gasteiger partial charge in [-0.3, -0.25) is 25.8 Å². The summed E-state index contributed by atoms with van der Waals surface area (Å²) in [6.07, 6.45) is 3.24. The summed E-state index contributed by atoms with van der Waals surface area (Å²) in [6, 6.07) is 13.7. The average molecular weight is 446 g/mol. The number of carbonyl (C=O) groups is 2. The van der Waals surface area contributed by atoms with Crippen LogP contribution < -0.4 is 30.4 Å². The molecule has 0 aromatic heterocycles. The molecule has 0 aliphatic heterocycles. The van der Waals surface area contributed by atoms with Crippen LogP contribution in [0.2, 0.25) is 0 Å². The Morgan fingerprint density at radius 2 is 1.65 bits per heavy atom. The first-order chi connectivity index (χ1) is 15.0. The highest BCUT2D eigenvalue weighted by molar-refractivity contribution is 7.80. The Labute approximate surface area is 187 Å². The number of nitrogens with one attached hydrogen (secondary N) is 3. The molecule has 9 heteroatoms. The number of thiocarbonyl (C=S) groups is 1. The number of hydrogen-bond donors (Lipinski definition) is 3. The van der Waals surface area contributed by atoms with E-state index in [9.17, 15) is 9.59 Å². The first-order valence-electron chi connectivity index (χ1n) is 9.92. The quantitative estimate of drug-likeness (QED) is 0.294. The Kier molecular flexibility index (Phi) is 10.1. The van der Waals surface area contributed by atoms with Crippen molar-refractivity contribution < 1.29 is 23.8 Å². The van der Waals surface area contributed by atoms with Gasteiger partial charge in [0.1, 0.15) is 5.75 Å². The maximum atomic E-state index is 12.3. The Balaban J connectivity index is 1.71. The molecule has 0 saturated heterocycles. The van der Waals surface area contributed by atoms with Gasteiger partial charge in [-0.05, 0) is 55.0 Å². The molecule has 0 fully saturated rings. The van der Waals surface area contributed by atoms with Crippen molar-refractivity contribution in [2.75, 3.05) is 20.3 Å². The van der Waals surface area contributed by atoms with Crippen molar-refractivity contribution in [1.82, 2.24) is 16.2 Å². The summed E-state index contributed by atoms with van der Waals surface area (Å²) in [4.78, 5) is 24.2. The molecule has 31 heavy (non-hydrogen) atoms. The zero-order valence-corrected chi connectivity index (χ0v) is 18.4. The van der Waals surface area contributed by atoms with Gasteiger partial charge in [0, 0.05) is 5.56 Å². The summed E-state index contributed by atoms with van der Waals surface area (Å²) in [5, 5.41) is 2.44. The van der Waals surface area contributed by atoms with Gasteiger partial charge in [0.15, 0.2) is 23.2 Å². The maximum absolute atomic E-state index is 12.3. The molecule has 0 spiro atoms. The second-order valence-corrected chi connectivity index (χ2v) is 6.88. The Morgan fingerprint density at radius 3 is 2.32 bits per heavy atom. The first-order valence-corrected chi connectivity index (χ1v) is 10.3. The number of rotatable bonds is 10. The lowest BCUT2D eigenvalue weighted by Crippen LogP contribution is -2.49. The predicted molar refractivity (Wildman–Crippen MR) is 121 cm³/mol. The molecule has 8 nitrogen and oxygen atoms in total. The average Bonchev–Trinajstić information content (AvgIpc) is 2.79. The third-order valence-corrected chi connectivity index (χ3v) is 4.31. The van der Waals surface area contributed by atoms with E-state index in [-0.39, 0.29) is 11.7 Å². The minimum atomic E-state index is -0.480. The summed E-state index contributed by atoms with van der Waals surface area (Å²) in [5.41, 5.74) is 5.23. The topological polar surface area (TPSA) is 97.9 Å². The van der Waals surface area contributed by atoms with E-state index in [0.29, 0.717) is 29.4 Å². The number of ether oxygens (including phenoxy) is 3. The second-order valence-electron chi connectivity index (χ2n) is 6.48. The Bertz CT molecular complexity index is 874. The molecule has 0 aliphatic carbocycles. The van der Waals surface area contributed by atoms with E-state index >= 15 is 0 Å². The highest BCUT2D eigenvalue weighted by Gasteiger charge is 2.10. The van der Waals surface area contributed by atoms with Gasteiger partial charge in [0.25, 0.3) is 11.8 Å². The van der Waals surface area contributed by atoms with E-state index in [1.807, 2.05) is 0 Å². The van der Waals surface area contributed by atoms with Crippen molar-refractivity contribution in [3.05, 3.63) is 54.1 Å². The smallest absolute Gasteiger partial charge is 0.276 e.